The Kier molecular flexibility index (Phi) is 3.02. The van der Waals surface area contributed by atoms with Crippen LogP contribution >= 0.6 is 0 Å². The number of likely N-dealkylation sites (tertiary alicyclic amines) is 1. The molecule has 5 heteroatoms. The van der Waals surface area contributed by atoms with Gasteiger partial charge in [-0.25, -0.2) is 4.39 Å². The first kappa shape index (κ1) is 11.9. The predicted octanol–water partition coefficient (Wildman–Crippen LogP) is 0.797. The number of hydrogen-bond acceptors (Lipinski definition) is 3. The maximum absolute atomic E-state index is 13.5. The van der Waals surface area contributed by atoms with Gasteiger partial charge in [0, 0.05) is 13.1 Å². The first-order chi connectivity index (χ1) is 8.03. The van der Waals surface area contributed by atoms with Gasteiger partial charge in [0.25, 0.3) is 0 Å². The third-order valence-corrected chi connectivity index (χ3v) is 3.18. The lowest BCUT2D eigenvalue weighted by Crippen LogP contribution is -2.52. The summed E-state index contributed by atoms with van der Waals surface area (Å²) in [7, 11) is 1.91. The van der Waals surface area contributed by atoms with Crippen LogP contribution in [0.3, 0.4) is 0 Å². The Morgan fingerprint density at radius 2 is 2.24 bits per heavy atom. The van der Waals surface area contributed by atoms with Crippen molar-refractivity contribution in [2.75, 3.05) is 25.5 Å². The number of primary amides is 1. The zero-order valence-electron chi connectivity index (χ0n) is 9.74. The first-order valence-electron chi connectivity index (χ1n) is 5.55. The highest BCUT2D eigenvalue weighted by Crippen LogP contribution is 2.26. The lowest BCUT2D eigenvalue weighted by molar-refractivity contribution is -0.121. The highest BCUT2D eigenvalue weighted by molar-refractivity contribution is 5.88. The Labute approximate surface area is 99.6 Å². The maximum atomic E-state index is 13.5. The van der Waals surface area contributed by atoms with Crippen molar-refractivity contribution in [3.8, 4) is 0 Å². The molecule has 17 heavy (non-hydrogen) atoms. The largest absolute Gasteiger partial charge is 0.368 e. The lowest BCUT2D eigenvalue weighted by Gasteiger charge is -2.28. The van der Waals surface area contributed by atoms with Gasteiger partial charge in [-0.05, 0) is 25.6 Å². The van der Waals surface area contributed by atoms with E-state index in [1.165, 1.54) is 6.07 Å². The smallest absolute Gasteiger partial charge is 0.244 e. The van der Waals surface area contributed by atoms with Crippen molar-refractivity contribution >= 4 is 11.6 Å². The Morgan fingerprint density at radius 1 is 1.53 bits per heavy atom. The van der Waals surface area contributed by atoms with Crippen LogP contribution < -0.4 is 11.1 Å². The molecule has 4 nitrogen and oxygen atoms in total. The molecular weight excluding hydrogens is 221 g/mol. The predicted molar refractivity (Wildman–Crippen MR) is 64.1 cm³/mol. The second-order valence-electron chi connectivity index (χ2n) is 4.54. The van der Waals surface area contributed by atoms with Gasteiger partial charge in [-0.2, -0.15) is 0 Å². The molecule has 1 unspecified atom stereocenters. The molecule has 2 rings (SSSR count). The minimum absolute atomic E-state index is 0.321. The Morgan fingerprint density at radius 3 is 2.76 bits per heavy atom. The SMILES string of the molecule is CN1CCC(Nc2ccccc2F)(C(N)=O)C1. The first-order valence-corrected chi connectivity index (χ1v) is 5.55. The maximum Gasteiger partial charge on any atom is 0.244 e. The molecule has 1 aromatic carbocycles. The molecule has 0 radical (unpaired) electrons. The van der Waals surface area contributed by atoms with Gasteiger partial charge >= 0.3 is 0 Å². The molecule has 0 bridgehead atoms. The third-order valence-electron chi connectivity index (χ3n) is 3.18. The molecule has 1 aliphatic rings. The molecule has 3 N–H and O–H groups in total. The number of carbonyl (C=O) groups excluding carboxylic acids is 1. The van der Waals surface area contributed by atoms with E-state index in [0.29, 0.717) is 18.7 Å². The number of rotatable bonds is 3. The second-order valence-corrected chi connectivity index (χ2v) is 4.54. The van der Waals surface area contributed by atoms with Gasteiger partial charge in [0.1, 0.15) is 11.4 Å². The Hall–Kier alpha value is -1.62. The summed E-state index contributed by atoms with van der Waals surface area (Å²) in [6.07, 6.45) is 0.590. The zero-order valence-corrected chi connectivity index (χ0v) is 9.74. The summed E-state index contributed by atoms with van der Waals surface area (Å²) in [5, 5.41) is 2.96. The van der Waals surface area contributed by atoms with Crippen LogP contribution in [0.25, 0.3) is 0 Å². The van der Waals surface area contributed by atoms with Crippen molar-refractivity contribution in [3.05, 3.63) is 30.1 Å². The summed E-state index contributed by atoms with van der Waals surface area (Å²) in [6.45, 7) is 1.26. The van der Waals surface area contributed by atoms with Gasteiger partial charge < -0.3 is 16.0 Å². The fraction of sp³-hybridized carbons (Fsp3) is 0.417. The molecular formula is C12H16FN3O. The zero-order chi connectivity index (χ0) is 12.5. The second kappa shape index (κ2) is 4.33. The van der Waals surface area contributed by atoms with Crippen LogP contribution in [0.1, 0.15) is 6.42 Å². The molecule has 1 aliphatic heterocycles. The van der Waals surface area contributed by atoms with Crippen LogP contribution in [0.4, 0.5) is 10.1 Å². The number of carbonyl (C=O) groups is 1. The monoisotopic (exact) mass is 237 g/mol. The van der Waals surface area contributed by atoms with Crippen LogP contribution in [-0.2, 0) is 4.79 Å². The minimum Gasteiger partial charge on any atom is -0.368 e. The molecule has 0 spiro atoms. The van der Waals surface area contributed by atoms with E-state index in [0.717, 1.165) is 6.54 Å². The van der Waals surface area contributed by atoms with E-state index in [-0.39, 0.29) is 5.82 Å². The minimum atomic E-state index is -0.864. The summed E-state index contributed by atoms with van der Waals surface area (Å²) in [5.74, 6) is -0.812. The quantitative estimate of drug-likeness (QED) is 0.817. The van der Waals surface area contributed by atoms with Crippen LogP contribution in [-0.4, -0.2) is 36.5 Å². The van der Waals surface area contributed by atoms with Crippen LogP contribution in [0.5, 0.6) is 0 Å². The molecule has 0 aromatic heterocycles. The number of hydrogen-bond donors (Lipinski definition) is 2. The van der Waals surface area contributed by atoms with Crippen molar-refractivity contribution < 1.29 is 9.18 Å². The van der Waals surface area contributed by atoms with Gasteiger partial charge in [-0.15, -0.1) is 0 Å². The standard InChI is InChI=1S/C12H16FN3O/c1-16-7-6-12(8-16,11(14)17)15-10-5-3-2-4-9(10)13/h2-5,15H,6-8H2,1H3,(H2,14,17). The van der Waals surface area contributed by atoms with Gasteiger partial charge in [0.15, 0.2) is 0 Å². The number of benzene rings is 1. The van der Waals surface area contributed by atoms with E-state index in [9.17, 15) is 9.18 Å². The molecule has 0 saturated carbocycles. The van der Waals surface area contributed by atoms with Crippen LogP contribution in [0.15, 0.2) is 24.3 Å². The topological polar surface area (TPSA) is 58.4 Å². The molecule has 0 aliphatic carbocycles. The van der Waals surface area contributed by atoms with E-state index < -0.39 is 11.4 Å². The normalized spacial score (nSPS) is 24.8. The number of amides is 1. The van der Waals surface area contributed by atoms with Gasteiger partial charge in [0.05, 0.1) is 5.69 Å². The van der Waals surface area contributed by atoms with Gasteiger partial charge in [-0.1, -0.05) is 12.1 Å². The van der Waals surface area contributed by atoms with E-state index in [1.807, 2.05) is 11.9 Å². The summed E-state index contributed by atoms with van der Waals surface area (Å²) in [6, 6.07) is 6.30. The van der Waals surface area contributed by atoms with Crippen molar-refractivity contribution in [2.45, 2.75) is 12.0 Å². The number of nitrogens with zero attached hydrogens (tertiary/aromatic N) is 1. The van der Waals surface area contributed by atoms with Gasteiger partial charge in [-0.3, -0.25) is 4.79 Å². The molecule has 1 amide bonds. The molecule has 1 fully saturated rings. The van der Waals surface area contributed by atoms with Crippen LogP contribution in [0, 0.1) is 5.82 Å². The summed E-state index contributed by atoms with van der Waals surface area (Å²) < 4.78 is 13.5. The molecule has 1 atom stereocenters. The highest BCUT2D eigenvalue weighted by Gasteiger charge is 2.42. The van der Waals surface area contributed by atoms with Gasteiger partial charge in [0.2, 0.25) is 5.91 Å². The molecule has 1 aromatic rings. The number of halogens is 1. The number of anilines is 1. The van der Waals surface area contributed by atoms with E-state index in [4.69, 9.17) is 5.73 Å². The molecule has 92 valence electrons. The van der Waals surface area contributed by atoms with Crippen LogP contribution in [0.2, 0.25) is 0 Å². The lowest BCUT2D eigenvalue weighted by atomic mass is 9.97. The number of likely N-dealkylation sites (N-methyl/N-ethyl adjacent to an activating group) is 1. The van der Waals surface area contributed by atoms with Crippen molar-refractivity contribution in [1.29, 1.82) is 0 Å². The number of nitrogens with two attached hydrogens (primary N) is 1. The van der Waals surface area contributed by atoms with Crippen molar-refractivity contribution in [2.24, 2.45) is 5.73 Å². The fourth-order valence-corrected chi connectivity index (χ4v) is 2.19. The summed E-state index contributed by atoms with van der Waals surface area (Å²) in [4.78, 5) is 13.6. The molecule has 1 heterocycles. The summed E-state index contributed by atoms with van der Waals surface area (Å²) in [5.41, 5.74) is 4.90. The summed E-state index contributed by atoms with van der Waals surface area (Å²) >= 11 is 0. The number of nitrogens with one attached hydrogen (secondary N) is 1. The highest BCUT2D eigenvalue weighted by atomic mass is 19.1. The average Bonchev–Trinajstić information content (AvgIpc) is 2.65. The van der Waals surface area contributed by atoms with E-state index >= 15 is 0 Å². The Balaban J connectivity index is 2.26. The van der Waals surface area contributed by atoms with Crippen molar-refractivity contribution in [1.82, 2.24) is 4.90 Å². The molecule has 1 saturated heterocycles. The van der Waals surface area contributed by atoms with Crippen molar-refractivity contribution in [3.63, 3.8) is 0 Å². The number of para-hydroxylation sites is 1. The van der Waals surface area contributed by atoms with E-state index in [1.54, 1.807) is 18.2 Å². The Bertz CT molecular complexity index is 438. The fourth-order valence-electron chi connectivity index (χ4n) is 2.19. The average molecular weight is 237 g/mol. The third kappa shape index (κ3) is 2.24. The van der Waals surface area contributed by atoms with E-state index in [2.05, 4.69) is 5.32 Å².